The fraction of sp³-hybridized carbons (Fsp3) is 0.381. The number of hydrogen-bond donors (Lipinski definition) is 1. The molecule has 0 aliphatic rings. The molecule has 1 aromatic carbocycles. The molecule has 1 heterocycles. The first kappa shape index (κ1) is 19.6. The molecule has 26 heavy (non-hydrogen) atoms. The Labute approximate surface area is 154 Å². The van der Waals surface area contributed by atoms with Crippen molar-refractivity contribution in [3.8, 4) is 6.07 Å². The van der Waals surface area contributed by atoms with E-state index in [0.29, 0.717) is 11.1 Å². The molecule has 0 radical (unpaired) electrons. The Bertz CT molecular complexity index is 889. The van der Waals surface area contributed by atoms with Crippen LogP contribution in [0.15, 0.2) is 30.5 Å². The number of carbonyl (C=O) groups is 1. The lowest BCUT2D eigenvalue weighted by Crippen LogP contribution is -2.21. The van der Waals surface area contributed by atoms with Crippen LogP contribution in [0, 0.1) is 24.1 Å². The second-order valence-electron chi connectivity index (χ2n) is 7.99. The number of nitrogens with zero attached hydrogens (tertiary/aromatic N) is 2. The smallest absolute Gasteiger partial charge is 0.274 e. The highest BCUT2D eigenvalue weighted by Crippen LogP contribution is 2.32. The zero-order valence-corrected chi connectivity index (χ0v) is 16.1. The summed E-state index contributed by atoms with van der Waals surface area (Å²) in [4.78, 5) is 16.6. The SMILES string of the molecule is Cc1ccc(NC(=O)c2cc(C(C)(C)C#N)ccn2)c(F)c1C(C)(C)C. The van der Waals surface area contributed by atoms with Crippen LogP contribution >= 0.6 is 0 Å². The molecule has 0 saturated carbocycles. The fourth-order valence-electron chi connectivity index (χ4n) is 2.88. The lowest BCUT2D eigenvalue weighted by atomic mass is 9.83. The Balaban J connectivity index is 2.38. The summed E-state index contributed by atoms with van der Waals surface area (Å²) in [5.41, 5.74) is 1.22. The molecule has 2 aromatic rings. The summed E-state index contributed by atoms with van der Waals surface area (Å²) in [6, 6.07) is 8.81. The summed E-state index contributed by atoms with van der Waals surface area (Å²) in [7, 11) is 0. The third-order valence-electron chi connectivity index (χ3n) is 4.34. The minimum atomic E-state index is -0.744. The molecule has 0 atom stereocenters. The van der Waals surface area contributed by atoms with Crippen LogP contribution in [0.25, 0.3) is 0 Å². The maximum Gasteiger partial charge on any atom is 0.274 e. The number of aromatic nitrogens is 1. The maximum atomic E-state index is 15.0. The number of nitrogens with one attached hydrogen (secondary N) is 1. The van der Waals surface area contributed by atoms with Crippen molar-refractivity contribution < 1.29 is 9.18 Å². The Kier molecular flexibility index (Phi) is 5.18. The van der Waals surface area contributed by atoms with Crippen LogP contribution in [0.4, 0.5) is 10.1 Å². The van der Waals surface area contributed by atoms with Gasteiger partial charge in [-0.3, -0.25) is 9.78 Å². The average Bonchev–Trinajstić information content (AvgIpc) is 2.56. The first-order chi connectivity index (χ1) is 12.0. The van der Waals surface area contributed by atoms with Gasteiger partial charge in [-0.2, -0.15) is 5.26 Å². The Morgan fingerprint density at radius 2 is 1.85 bits per heavy atom. The molecule has 0 bridgehead atoms. The lowest BCUT2D eigenvalue weighted by molar-refractivity contribution is 0.102. The zero-order chi connectivity index (χ0) is 19.7. The highest BCUT2D eigenvalue weighted by molar-refractivity contribution is 6.03. The number of pyridine rings is 1. The molecule has 4 nitrogen and oxygen atoms in total. The van der Waals surface area contributed by atoms with Gasteiger partial charge in [0.2, 0.25) is 0 Å². The number of aryl methyl sites for hydroxylation is 1. The van der Waals surface area contributed by atoms with Crippen LogP contribution in [0.3, 0.4) is 0 Å². The minimum Gasteiger partial charge on any atom is -0.318 e. The number of halogens is 1. The third kappa shape index (κ3) is 3.91. The van der Waals surface area contributed by atoms with Crippen molar-refractivity contribution in [2.45, 2.75) is 52.4 Å². The van der Waals surface area contributed by atoms with Crippen molar-refractivity contribution in [2.75, 3.05) is 5.32 Å². The van der Waals surface area contributed by atoms with E-state index in [9.17, 15) is 14.4 Å². The van der Waals surface area contributed by atoms with Crippen molar-refractivity contribution in [2.24, 2.45) is 0 Å². The number of anilines is 1. The van der Waals surface area contributed by atoms with Gasteiger partial charge >= 0.3 is 0 Å². The molecule has 0 aliphatic heterocycles. The van der Waals surface area contributed by atoms with E-state index in [1.807, 2.05) is 27.7 Å². The number of rotatable bonds is 3. The molecule has 5 heteroatoms. The third-order valence-corrected chi connectivity index (χ3v) is 4.34. The van der Waals surface area contributed by atoms with E-state index >= 15 is 0 Å². The molecule has 0 fully saturated rings. The maximum absolute atomic E-state index is 15.0. The van der Waals surface area contributed by atoms with Gasteiger partial charge in [-0.1, -0.05) is 26.8 Å². The fourth-order valence-corrected chi connectivity index (χ4v) is 2.88. The summed E-state index contributed by atoms with van der Waals surface area (Å²) in [5.74, 6) is -0.942. The molecular formula is C21H24FN3O. The van der Waals surface area contributed by atoms with Gasteiger partial charge < -0.3 is 5.32 Å². The number of hydrogen-bond acceptors (Lipinski definition) is 3. The Morgan fingerprint density at radius 3 is 2.42 bits per heavy atom. The van der Waals surface area contributed by atoms with Gasteiger partial charge in [0, 0.05) is 6.20 Å². The number of nitriles is 1. The highest BCUT2D eigenvalue weighted by atomic mass is 19.1. The van der Waals surface area contributed by atoms with E-state index in [2.05, 4.69) is 16.4 Å². The average molecular weight is 353 g/mol. The standard InChI is InChI=1S/C21H24FN3O/c1-13-7-8-15(18(22)17(13)20(2,3)4)25-19(26)16-11-14(9-10-24-16)21(5,6)12-23/h7-11H,1-6H3,(H,25,26). The molecule has 0 unspecified atom stereocenters. The van der Waals surface area contributed by atoms with E-state index in [0.717, 1.165) is 5.56 Å². The largest absolute Gasteiger partial charge is 0.318 e. The van der Waals surface area contributed by atoms with Crippen LogP contribution in [0.2, 0.25) is 0 Å². The number of amides is 1. The zero-order valence-electron chi connectivity index (χ0n) is 16.1. The van der Waals surface area contributed by atoms with E-state index in [4.69, 9.17) is 0 Å². The molecule has 0 spiro atoms. The molecule has 2 rings (SSSR count). The van der Waals surface area contributed by atoms with Crippen LogP contribution in [-0.2, 0) is 10.8 Å². The number of carbonyl (C=O) groups excluding carboxylic acids is 1. The van der Waals surface area contributed by atoms with Gasteiger partial charge in [0.1, 0.15) is 5.69 Å². The molecule has 1 amide bonds. The quantitative estimate of drug-likeness (QED) is 0.855. The van der Waals surface area contributed by atoms with Gasteiger partial charge in [-0.05, 0) is 61.1 Å². The Hall–Kier alpha value is -2.74. The predicted molar refractivity (Wildman–Crippen MR) is 101 cm³/mol. The Morgan fingerprint density at radius 1 is 1.19 bits per heavy atom. The topological polar surface area (TPSA) is 65.8 Å². The van der Waals surface area contributed by atoms with Crippen molar-refractivity contribution in [1.29, 1.82) is 5.26 Å². The number of benzene rings is 1. The first-order valence-corrected chi connectivity index (χ1v) is 8.46. The van der Waals surface area contributed by atoms with Crippen LogP contribution in [0.1, 0.15) is 61.8 Å². The monoisotopic (exact) mass is 353 g/mol. The molecule has 136 valence electrons. The van der Waals surface area contributed by atoms with Crippen LogP contribution in [0.5, 0.6) is 0 Å². The lowest BCUT2D eigenvalue weighted by Gasteiger charge is -2.24. The van der Waals surface area contributed by atoms with Crippen molar-refractivity contribution in [1.82, 2.24) is 4.98 Å². The summed E-state index contributed by atoms with van der Waals surface area (Å²) in [6.45, 7) is 11.2. The minimum absolute atomic E-state index is 0.122. The van der Waals surface area contributed by atoms with E-state index in [1.165, 1.54) is 6.20 Å². The van der Waals surface area contributed by atoms with Crippen LogP contribution in [-0.4, -0.2) is 10.9 Å². The van der Waals surface area contributed by atoms with E-state index in [1.54, 1.807) is 38.1 Å². The molecule has 1 aromatic heterocycles. The van der Waals surface area contributed by atoms with Crippen molar-refractivity contribution in [3.05, 3.63) is 58.7 Å². The van der Waals surface area contributed by atoms with Crippen LogP contribution < -0.4 is 5.32 Å². The van der Waals surface area contributed by atoms with Gasteiger partial charge in [-0.25, -0.2) is 4.39 Å². The summed E-state index contributed by atoms with van der Waals surface area (Å²) >= 11 is 0. The summed E-state index contributed by atoms with van der Waals surface area (Å²) < 4.78 is 15.0. The van der Waals surface area contributed by atoms with Gasteiger partial charge in [0.15, 0.2) is 5.82 Å². The van der Waals surface area contributed by atoms with E-state index < -0.39 is 17.1 Å². The first-order valence-electron chi connectivity index (χ1n) is 8.46. The van der Waals surface area contributed by atoms with Gasteiger partial charge in [0.25, 0.3) is 5.91 Å². The molecule has 0 saturated heterocycles. The summed E-state index contributed by atoms with van der Waals surface area (Å²) in [6.07, 6.45) is 1.48. The molecule has 1 N–H and O–H groups in total. The highest BCUT2D eigenvalue weighted by Gasteiger charge is 2.25. The predicted octanol–water partition coefficient (Wildman–Crippen LogP) is 4.88. The second-order valence-corrected chi connectivity index (χ2v) is 7.99. The van der Waals surface area contributed by atoms with Crippen molar-refractivity contribution in [3.63, 3.8) is 0 Å². The normalized spacial score (nSPS) is 11.8. The molecule has 0 aliphatic carbocycles. The van der Waals surface area contributed by atoms with Gasteiger partial charge in [-0.15, -0.1) is 0 Å². The van der Waals surface area contributed by atoms with Crippen molar-refractivity contribution >= 4 is 11.6 Å². The van der Waals surface area contributed by atoms with Gasteiger partial charge in [0.05, 0.1) is 17.2 Å². The summed E-state index contributed by atoms with van der Waals surface area (Å²) in [5, 5.41) is 11.9. The molecular weight excluding hydrogens is 329 g/mol. The second kappa shape index (κ2) is 6.87. The van der Waals surface area contributed by atoms with E-state index in [-0.39, 0.29) is 16.8 Å².